The number of nitrogens with zero attached hydrogens (tertiary/aromatic N) is 1. The predicted molar refractivity (Wildman–Crippen MR) is 121 cm³/mol. The number of carboxylic acid groups (broad SMARTS) is 2. The van der Waals surface area contributed by atoms with Gasteiger partial charge >= 0.3 is 11.9 Å². The van der Waals surface area contributed by atoms with Gasteiger partial charge in [-0.25, -0.2) is 4.90 Å². The Morgan fingerprint density at radius 1 is 0.848 bits per heavy atom. The summed E-state index contributed by atoms with van der Waals surface area (Å²) >= 11 is 0. The SMILES string of the molecule is O=C(O)CCCCCNC1NC(NCCCCCC(=O)O)NC(N2CCCCC2OCO)N1. The Labute approximate surface area is 195 Å². The number of aliphatic hydroxyl groups excluding tert-OH is 1. The molecule has 2 aliphatic heterocycles. The van der Waals surface area contributed by atoms with Gasteiger partial charge in [0.25, 0.3) is 0 Å². The van der Waals surface area contributed by atoms with Crippen LogP contribution in [-0.2, 0) is 14.3 Å². The van der Waals surface area contributed by atoms with Crippen LogP contribution in [0.3, 0.4) is 0 Å². The molecule has 0 radical (unpaired) electrons. The van der Waals surface area contributed by atoms with Crippen LogP contribution < -0.4 is 26.6 Å². The van der Waals surface area contributed by atoms with Crippen molar-refractivity contribution in [2.24, 2.45) is 0 Å². The Balaban J connectivity index is 1.83. The number of aliphatic hydroxyl groups is 1. The van der Waals surface area contributed by atoms with Crippen molar-refractivity contribution in [2.45, 2.75) is 95.7 Å². The third-order valence-corrected chi connectivity index (χ3v) is 5.90. The fourth-order valence-electron chi connectivity index (χ4n) is 4.19. The van der Waals surface area contributed by atoms with Crippen LogP contribution in [0.15, 0.2) is 0 Å². The molecule has 0 aromatic rings. The van der Waals surface area contributed by atoms with Gasteiger partial charge in [0.05, 0.1) is 0 Å². The lowest BCUT2D eigenvalue weighted by Crippen LogP contribution is -2.78. The van der Waals surface area contributed by atoms with Gasteiger partial charge in [-0.1, -0.05) is 12.8 Å². The van der Waals surface area contributed by atoms with Gasteiger partial charge in [0, 0.05) is 19.4 Å². The first-order valence-electron chi connectivity index (χ1n) is 12.2. The van der Waals surface area contributed by atoms with Gasteiger partial charge in [0.15, 0.2) is 0 Å². The molecule has 12 nitrogen and oxygen atoms in total. The molecule has 0 spiro atoms. The minimum absolute atomic E-state index is 0.166. The molecule has 3 atom stereocenters. The Morgan fingerprint density at radius 3 is 1.94 bits per heavy atom. The van der Waals surface area contributed by atoms with E-state index in [1.54, 1.807) is 0 Å². The van der Waals surface area contributed by atoms with Gasteiger partial charge in [0.1, 0.15) is 31.9 Å². The lowest BCUT2D eigenvalue weighted by atomic mass is 10.1. The first-order chi connectivity index (χ1) is 16.0. The molecule has 8 N–H and O–H groups in total. The molecule has 0 aliphatic carbocycles. The molecule has 192 valence electrons. The predicted octanol–water partition coefficient (Wildman–Crippen LogP) is -0.133. The van der Waals surface area contributed by atoms with Gasteiger partial charge in [-0.2, -0.15) is 0 Å². The van der Waals surface area contributed by atoms with Crippen molar-refractivity contribution < 1.29 is 29.6 Å². The summed E-state index contributed by atoms with van der Waals surface area (Å²) < 4.78 is 5.55. The summed E-state index contributed by atoms with van der Waals surface area (Å²) in [5.74, 6) is -1.52. The minimum atomic E-state index is -0.759. The number of ether oxygens (including phenoxy) is 1. The van der Waals surface area contributed by atoms with Crippen LogP contribution in [0.4, 0.5) is 0 Å². The zero-order chi connectivity index (χ0) is 23.9. The van der Waals surface area contributed by atoms with E-state index in [2.05, 4.69) is 31.5 Å². The maximum Gasteiger partial charge on any atom is 0.303 e. The van der Waals surface area contributed by atoms with Crippen molar-refractivity contribution in [3.05, 3.63) is 0 Å². The summed E-state index contributed by atoms with van der Waals surface area (Å²) in [5, 5.41) is 44.1. The van der Waals surface area contributed by atoms with Crippen molar-refractivity contribution >= 4 is 11.9 Å². The van der Waals surface area contributed by atoms with E-state index < -0.39 is 11.9 Å². The number of carboxylic acids is 2. The molecular formula is C21H42N6O6. The standard InChI is InChI=1S/C21H42N6O6/c28-15-33-16-9-5-8-14-27(16)21-25-19(22-12-6-1-3-10-17(29)30)24-20(26-21)23-13-7-2-4-11-18(31)32/h16,19-26,28H,1-15H2,(H,29,30)(H,31,32). The van der Waals surface area contributed by atoms with Crippen molar-refractivity contribution in [3.8, 4) is 0 Å². The average molecular weight is 475 g/mol. The Hall–Kier alpha value is -1.38. The minimum Gasteiger partial charge on any atom is -0.481 e. The van der Waals surface area contributed by atoms with E-state index in [9.17, 15) is 14.7 Å². The van der Waals surface area contributed by atoms with Crippen LogP contribution in [0.25, 0.3) is 0 Å². The van der Waals surface area contributed by atoms with E-state index in [0.717, 1.165) is 64.6 Å². The topological polar surface area (TPSA) is 167 Å². The van der Waals surface area contributed by atoms with Gasteiger partial charge in [-0.05, 0) is 58.0 Å². The summed E-state index contributed by atoms with van der Waals surface area (Å²) in [6.07, 6.45) is 7.51. The maximum atomic E-state index is 10.6. The highest BCUT2D eigenvalue weighted by Crippen LogP contribution is 2.19. The fourth-order valence-corrected chi connectivity index (χ4v) is 4.19. The smallest absolute Gasteiger partial charge is 0.303 e. The average Bonchev–Trinajstić information content (AvgIpc) is 2.78. The number of hydrogen-bond donors (Lipinski definition) is 8. The number of likely N-dealkylation sites (tertiary alicyclic amines) is 1. The zero-order valence-electron chi connectivity index (χ0n) is 19.4. The van der Waals surface area contributed by atoms with E-state index in [1.165, 1.54) is 0 Å². The van der Waals surface area contributed by atoms with E-state index >= 15 is 0 Å². The third-order valence-electron chi connectivity index (χ3n) is 5.90. The Kier molecular flexibility index (Phi) is 13.7. The molecule has 0 bridgehead atoms. The number of carbonyl (C=O) groups is 2. The largest absolute Gasteiger partial charge is 0.481 e. The summed E-state index contributed by atoms with van der Waals surface area (Å²) in [6.45, 7) is 2.02. The lowest BCUT2D eigenvalue weighted by molar-refractivity contribution is -0.160. The molecule has 12 heteroatoms. The molecule has 2 heterocycles. The quantitative estimate of drug-likeness (QED) is 0.104. The van der Waals surface area contributed by atoms with E-state index in [4.69, 9.17) is 14.9 Å². The molecule has 3 unspecified atom stereocenters. The molecule has 0 aromatic heterocycles. The zero-order valence-corrected chi connectivity index (χ0v) is 19.4. The van der Waals surface area contributed by atoms with Gasteiger partial charge in [-0.3, -0.25) is 36.2 Å². The molecule has 0 aromatic carbocycles. The number of rotatable bonds is 17. The fraction of sp³-hybridized carbons (Fsp3) is 0.905. The Bertz CT molecular complexity index is 535. The second kappa shape index (κ2) is 16.3. The molecule has 2 saturated heterocycles. The van der Waals surface area contributed by atoms with Crippen molar-refractivity contribution in [1.29, 1.82) is 0 Å². The molecule has 33 heavy (non-hydrogen) atoms. The molecule has 0 saturated carbocycles. The van der Waals surface area contributed by atoms with Gasteiger partial charge in [-0.15, -0.1) is 0 Å². The maximum absolute atomic E-state index is 10.6. The molecule has 0 amide bonds. The summed E-state index contributed by atoms with van der Waals surface area (Å²) in [7, 11) is 0. The van der Waals surface area contributed by atoms with Crippen LogP contribution in [0.5, 0.6) is 0 Å². The van der Waals surface area contributed by atoms with Gasteiger partial charge in [0.2, 0.25) is 0 Å². The number of nitrogens with one attached hydrogen (secondary N) is 5. The van der Waals surface area contributed by atoms with Crippen molar-refractivity contribution in [3.63, 3.8) is 0 Å². The van der Waals surface area contributed by atoms with Gasteiger partial charge < -0.3 is 20.1 Å². The van der Waals surface area contributed by atoms with Crippen LogP contribution in [-0.4, -0.2) is 83.7 Å². The van der Waals surface area contributed by atoms with Crippen LogP contribution in [0, 0.1) is 0 Å². The van der Waals surface area contributed by atoms with E-state index in [0.29, 0.717) is 12.8 Å². The van der Waals surface area contributed by atoms with Crippen molar-refractivity contribution in [2.75, 3.05) is 26.4 Å². The van der Waals surface area contributed by atoms with Crippen LogP contribution in [0.1, 0.15) is 70.6 Å². The number of hydrogen-bond acceptors (Lipinski definition) is 10. The number of aliphatic carboxylic acids is 2. The van der Waals surface area contributed by atoms with Crippen LogP contribution in [0.2, 0.25) is 0 Å². The highest BCUT2D eigenvalue weighted by atomic mass is 16.6. The monoisotopic (exact) mass is 474 g/mol. The highest BCUT2D eigenvalue weighted by Gasteiger charge is 2.35. The first kappa shape index (κ1) is 27.9. The highest BCUT2D eigenvalue weighted by molar-refractivity contribution is 5.66. The molecular weight excluding hydrogens is 432 g/mol. The lowest BCUT2D eigenvalue weighted by Gasteiger charge is -2.47. The van der Waals surface area contributed by atoms with E-state index in [-0.39, 0.29) is 44.7 Å². The summed E-state index contributed by atoms with van der Waals surface area (Å²) in [4.78, 5) is 23.5. The third kappa shape index (κ3) is 11.5. The second-order valence-electron chi connectivity index (χ2n) is 8.57. The number of unbranched alkanes of at least 4 members (excludes halogenated alkanes) is 4. The number of piperidine rings is 1. The summed E-state index contributed by atoms with van der Waals surface area (Å²) in [6, 6.07) is 0. The molecule has 2 fully saturated rings. The first-order valence-corrected chi connectivity index (χ1v) is 12.2. The molecule has 2 rings (SSSR count). The molecule has 2 aliphatic rings. The normalized spacial score (nSPS) is 26.3. The van der Waals surface area contributed by atoms with Crippen LogP contribution >= 0.6 is 0 Å². The second-order valence-corrected chi connectivity index (χ2v) is 8.57. The summed E-state index contributed by atoms with van der Waals surface area (Å²) in [5.41, 5.74) is 0. The Morgan fingerprint density at radius 2 is 1.42 bits per heavy atom. The van der Waals surface area contributed by atoms with E-state index in [1.807, 2.05) is 0 Å². The van der Waals surface area contributed by atoms with Crippen molar-refractivity contribution in [1.82, 2.24) is 31.5 Å².